The SMILES string of the molecule is O=C(COC(=O)c1csc(-c2cccs2)n1)Nc1cc(F)cc(F)c1. The number of hydrogen-bond donors (Lipinski definition) is 1. The predicted molar refractivity (Wildman–Crippen MR) is 90.7 cm³/mol. The number of nitrogens with zero attached hydrogens (tertiary/aromatic N) is 1. The maximum atomic E-state index is 13.0. The van der Waals surface area contributed by atoms with E-state index < -0.39 is 30.1 Å². The van der Waals surface area contributed by atoms with Crippen LogP contribution in [0.5, 0.6) is 0 Å². The largest absolute Gasteiger partial charge is 0.451 e. The van der Waals surface area contributed by atoms with Crippen molar-refractivity contribution in [2.45, 2.75) is 0 Å². The van der Waals surface area contributed by atoms with E-state index >= 15 is 0 Å². The molecule has 0 atom stereocenters. The van der Waals surface area contributed by atoms with Gasteiger partial charge in [0.15, 0.2) is 12.3 Å². The summed E-state index contributed by atoms with van der Waals surface area (Å²) in [6.07, 6.45) is 0. The molecule has 3 aromatic rings. The number of carbonyl (C=O) groups is 2. The van der Waals surface area contributed by atoms with Gasteiger partial charge in [0.1, 0.15) is 16.6 Å². The van der Waals surface area contributed by atoms with Gasteiger partial charge in [-0.15, -0.1) is 22.7 Å². The first-order chi connectivity index (χ1) is 12.0. The van der Waals surface area contributed by atoms with Crippen LogP contribution in [0.4, 0.5) is 14.5 Å². The van der Waals surface area contributed by atoms with Crippen LogP contribution in [0.3, 0.4) is 0 Å². The molecule has 1 N–H and O–H groups in total. The molecular formula is C16H10F2N2O3S2. The summed E-state index contributed by atoms with van der Waals surface area (Å²) in [5.74, 6) is -3.11. The molecular weight excluding hydrogens is 370 g/mol. The lowest BCUT2D eigenvalue weighted by molar-refractivity contribution is -0.119. The average molecular weight is 380 g/mol. The molecule has 0 spiro atoms. The van der Waals surface area contributed by atoms with E-state index in [0.29, 0.717) is 11.1 Å². The Morgan fingerprint density at radius 3 is 2.60 bits per heavy atom. The molecule has 5 nitrogen and oxygen atoms in total. The molecule has 1 amide bonds. The van der Waals surface area contributed by atoms with Crippen LogP contribution in [-0.4, -0.2) is 23.5 Å². The zero-order valence-corrected chi connectivity index (χ0v) is 14.1. The third kappa shape index (κ3) is 4.46. The van der Waals surface area contributed by atoms with Crippen molar-refractivity contribution in [1.29, 1.82) is 0 Å². The van der Waals surface area contributed by atoms with Crippen LogP contribution in [0.1, 0.15) is 10.5 Å². The van der Waals surface area contributed by atoms with Crippen molar-refractivity contribution in [1.82, 2.24) is 4.98 Å². The lowest BCUT2D eigenvalue weighted by Crippen LogP contribution is -2.21. The van der Waals surface area contributed by atoms with Crippen molar-refractivity contribution in [3.05, 3.63) is 58.4 Å². The summed E-state index contributed by atoms with van der Waals surface area (Å²) in [6, 6.07) is 6.35. The van der Waals surface area contributed by atoms with E-state index in [0.717, 1.165) is 17.0 Å². The van der Waals surface area contributed by atoms with Crippen LogP contribution in [0.25, 0.3) is 9.88 Å². The second kappa shape index (κ2) is 7.49. The Labute approximate surface area is 148 Å². The van der Waals surface area contributed by atoms with Crippen molar-refractivity contribution in [3.8, 4) is 9.88 Å². The van der Waals surface area contributed by atoms with Gasteiger partial charge in [-0.05, 0) is 23.6 Å². The number of rotatable bonds is 5. The summed E-state index contributed by atoms with van der Waals surface area (Å²) in [5, 5.41) is 6.36. The van der Waals surface area contributed by atoms with Crippen LogP contribution >= 0.6 is 22.7 Å². The third-order valence-corrected chi connectivity index (χ3v) is 4.81. The monoisotopic (exact) mass is 380 g/mol. The Morgan fingerprint density at radius 2 is 1.92 bits per heavy atom. The zero-order valence-electron chi connectivity index (χ0n) is 12.5. The van der Waals surface area contributed by atoms with E-state index in [4.69, 9.17) is 4.74 Å². The molecule has 0 fully saturated rings. The number of thiazole rings is 1. The maximum Gasteiger partial charge on any atom is 0.358 e. The molecule has 0 saturated carbocycles. The van der Waals surface area contributed by atoms with Crippen LogP contribution in [0, 0.1) is 11.6 Å². The number of anilines is 1. The minimum atomic E-state index is -0.823. The molecule has 9 heteroatoms. The number of esters is 1. The van der Waals surface area contributed by atoms with Gasteiger partial charge in [-0.1, -0.05) is 6.07 Å². The summed E-state index contributed by atoms with van der Waals surface area (Å²) in [7, 11) is 0. The van der Waals surface area contributed by atoms with Crippen molar-refractivity contribution < 1.29 is 23.1 Å². The molecule has 0 aliphatic rings. The van der Waals surface area contributed by atoms with E-state index in [1.807, 2.05) is 17.5 Å². The number of hydrogen-bond acceptors (Lipinski definition) is 6. The molecule has 0 saturated heterocycles. The lowest BCUT2D eigenvalue weighted by atomic mass is 10.3. The molecule has 0 unspecified atom stereocenters. The topological polar surface area (TPSA) is 68.3 Å². The first-order valence-corrected chi connectivity index (χ1v) is 8.69. The molecule has 1 aromatic carbocycles. The number of carbonyl (C=O) groups excluding carboxylic acids is 2. The number of thiophene rings is 1. The third-order valence-electron chi connectivity index (χ3n) is 2.93. The number of amides is 1. The fraction of sp³-hybridized carbons (Fsp3) is 0.0625. The number of benzene rings is 1. The summed E-state index contributed by atoms with van der Waals surface area (Å²) >= 11 is 2.78. The first-order valence-electron chi connectivity index (χ1n) is 6.94. The van der Waals surface area contributed by atoms with Gasteiger partial charge in [0.2, 0.25) is 0 Å². The molecule has 2 aromatic heterocycles. The van der Waals surface area contributed by atoms with Gasteiger partial charge in [0.25, 0.3) is 5.91 Å². The lowest BCUT2D eigenvalue weighted by Gasteiger charge is -2.06. The molecule has 0 bridgehead atoms. The number of nitrogens with one attached hydrogen (secondary N) is 1. The predicted octanol–water partition coefficient (Wildman–Crippen LogP) is 3.95. The quantitative estimate of drug-likeness (QED) is 0.681. The molecule has 128 valence electrons. The maximum absolute atomic E-state index is 13.0. The minimum Gasteiger partial charge on any atom is -0.451 e. The molecule has 2 heterocycles. The van der Waals surface area contributed by atoms with Crippen molar-refractivity contribution in [3.63, 3.8) is 0 Å². The second-order valence-electron chi connectivity index (χ2n) is 4.80. The normalized spacial score (nSPS) is 10.5. The van der Waals surface area contributed by atoms with E-state index in [9.17, 15) is 18.4 Å². The van der Waals surface area contributed by atoms with Crippen LogP contribution < -0.4 is 5.32 Å². The van der Waals surface area contributed by atoms with E-state index in [2.05, 4.69) is 10.3 Å². The molecule has 0 aliphatic carbocycles. The Morgan fingerprint density at radius 1 is 1.16 bits per heavy atom. The van der Waals surface area contributed by atoms with Gasteiger partial charge < -0.3 is 10.1 Å². The highest BCUT2D eigenvalue weighted by Gasteiger charge is 2.15. The highest BCUT2D eigenvalue weighted by Crippen LogP contribution is 2.27. The minimum absolute atomic E-state index is 0.0628. The molecule has 3 rings (SSSR count). The van der Waals surface area contributed by atoms with Gasteiger partial charge in [0.05, 0.1) is 4.88 Å². The first kappa shape index (κ1) is 17.2. The van der Waals surface area contributed by atoms with Crippen molar-refractivity contribution in [2.24, 2.45) is 0 Å². The Balaban J connectivity index is 1.56. The smallest absolute Gasteiger partial charge is 0.358 e. The second-order valence-corrected chi connectivity index (χ2v) is 6.60. The molecule has 0 radical (unpaired) electrons. The summed E-state index contributed by atoms with van der Waals surface area (Å²) in [4.78, 5) is 28.7. The number of halogens is 2. The van der Waals surface area contributed by atoms with Gasteiger partial charge >= 0.3 is 5.97 Å². The molecule has 25 heavy (non-hydrogen) atoms. The van der Waals surface area contributed by atoms with Crippen LogP contribution in [0.2, 0.25) is 0 Å². The van der Waals surface area contributed by atoms with Crippen molar-refractivity contribution >= 4 is 40.2 Å². The van der Waals surface area contributed by atoms with Gasteiger partial charge in [-0.2, -0.15) is 0 Å². The standard InChI is InChI=1S/C16H10F2N2O3S2/c17-9-4-10(18)6-11(5-9)19-14(21)7-23-16(22)12-8-25-15(20-12)13-2-1-3-24-13/h1-6,8H,7H2,(H,19,21). The van der Waals surface area contributed by atoms with Crippen LogP contribution in [0.15, 0.2) is 41.1 Å². The fourth-order valence-corrected chi connectivity index (χ4v) is 3.51. The average Bonchev–Trinajstić information content (AvgIpc) is 3.22. The Kier molecular flexibility index (Phi) is 5.15. The highest BCUT2D eigenvalue weighted by atomic mass is 32.1. The molecule has 0 aliphatic heterocycles. The summed E-state index contributed by atoms with van der Waals surface area (Å²) in [6.45, 7) is -0.594. The Bertz CT molecular complexity index is 890. The van der Waals surface area contributed by atoms with Gasteiger partial charge in [-0.3, -0.25) is 4.79 Å². The van der Waals surface area contributed by atoms with E-state index in [1.54, 1.807) is 0 Å². The number of aromatic nitrogens is 1. The summed E-state index contributed by atoms with van der Waals surface area (Å²) < 4.78 is 31.0. The van der Waals surface area contributed by atoms with Crippen molar-refractivity contribution in [2.75, 3.05) is 11.9 Å². The van der Waals surface area contributed by atoms with Gasteiger partial charge in [-0.25, -0.2) is 18.6 Å². The Hall–Kier alpha value is -2.65. The highest BCUT2D eigenvalue weighted by molar-refractivity contribution is 7.20. The fourth-order valence-electron chi connectivity index (χ4n) is 1.91. The van der Waals surface area contributed by atoms with E-state index in [-0.39, 0.29) is 11.4 Å². The number of ether oxygens (including phenoxy) is 1. The summed E-state index contributed by atoms with van der Waals surface area (Å²) in [5.41, 5.74) is 0.0326. The zero-order chi connectivity index (χ0) is 17.8. The van der Waals surface area contributed by atoms with E-state index in [1.165, 1.54) is 28.1 Å². The van der Waals surface area contributed by atoms with Gasteiger partial charge in [0, 0.05) is 17.1 Å². The van der Waals surface area contributed by atoms with Crippen LogP contribution in [-0.2, 0) is 9.53 Å².